The SMILES string of the molecule is [2H]c1ccc(-c2c([2H])c([2H])c(-c3ccc([2H])cc3)c(-c3c4ccccc4c(-c4cccc5oc6cc7ccccc7cc6c45)c4ccccc34)c2[2H])cc1. The lowest BCUT2D eigenvalue weighted by Gasteiger charge is -2.21. The Bertz CT molecular complexity index is 3090. The highest BCUT2D eigenvalue weighted by Crippen LogP contribution is 2.49. The molecule has 0 aliphatic rings. The van der Waals surface area contributed by atoms with Gasteiger partial charge in [0, 0.05) is 10.8 Å². The molecule has 0 amide bonds. The van der Waals surface area contributed by atoms with Gasteiger partial charge in [0.1, 0.15) is 11.2 Å². The minimum absolute atomic E-state index is 0.00257. The zero-order chi connectivity index (χ0) is 36.7. The molecule has 1 aromatic heterocycles. The van der Waals surface area contributed by atoms with Crippen LogP contribution in [-0.4, -0.2) is 0 Å². The highest BCUT2D eigenvalue weighted by Gasteiger charge is 2.22. The maximum atomic E-state index is 9.96. The van der Waals surface area contributed by atoms with Gasteiger partial charge in [-0.3, -0.25) is 0 Å². The predicted octanol–water partition coefficient (Wildman–Crippen LogP) is 13.7. The molecule has 0 unspecified atom stereocenters. The first-order chi connectivity index (χ1) is 26.4. The van der Waals surface area contributed by atoms with E-state index in [1.165, 1.54) is 0 Å². The molecule has 0 spiro atoms. The van der Waals surface area contributed by atoms with Crippen molar-refractivity contribution in [1.29, 1.82) is 0 Å². The Labute approximate surface area is 291 Å². The van der Waals surface area contributed by atoms with Crippen LogP contribution in [0.1, 0.15) is 6.85 Å². The summed E-state index contributed by atoms with van der Waals surface area (Å²) in [4.78, 5) is 0. The lowest BCUT2D eigenvalue weighted by Crippen LogP contribution is -1.94. The molecule has 0 radical (unpaired) electrons. The molecule has 0 atom stereocenters. The van der Waals surface area contributed by atoms with Gasteiger partial charge in [0.25, 0.3) is 0 Å². The van der Waals surface area contributed by atoms with Gasteiger partial charge in [0.05, 0.1) is 6.85 Å². The number of benzene rings is 9. The third kappa shape index (κ3) is 4.40. The maximum Gasteiger partial charge on any atom is 0.136 e. The van der Waals surface area contributed by atoms with Crippen molar-refractivity contribution in [1.82, 2.24) is 0 Å². The van der Waals surface area contributed by atoms with Gasteiger partial charge < -0.3 is 4.42 Å². The summed E-state index contributed by atoms with van der Waals surface area (Å²) in [5, 5.41) is 8.14. The molecule has 10 aromatic rings. The van der Waals surface area contributed by atoms with Gasteiger partial charge in [-0.25, -0.2) is 0 Å². The summed E-state index contributed by atoms with van der Waals surface area (Å²) in [7, 11) is 0. The van der Waals surface area contributed by atoms with Gasteiger partial charge in [-0.1, -0.05) is 158 Å². The van der Waals surface area contributed by atoms with E-state index in [4.69, 9.17) is 7.16 Å². The molecule has 10 rings (SSSR count). The summed E-state index contributed by atoms with van der Waals surface area (Å²) < 4.78 is 51.6. The Morgan fingerprint density at radius 1 is 0.388 bits per heavy atom. The second-order valence-corrected chi connectivity index (χ2v) is 12.4. The maximum absolute atomic E-state index is 9.96. The topological polar surface area (TPSA) is 13.1 Å². The van der Waals surface area contributed by atoms with Crippen molar-refractivity contribution in [2.24, 2.45) is 0 Å². The minimum Gasteiger partial charge on any atom is -0.456 e. The van der Waals surface area contributed by atoms with Gasteiger partial charge in [-0.2, -0.15) is 0 Å². The second-order valence-electron chi connectivity index (χ2n) is 12.4. The van der Waals surface area contributed by atoms with Crippen LogP contribution in [0, 0.1) is 0 Å². The Balaban J connectivity index is 1.37. The van der Waals surface area contributed by atoms with Gasteiger partial charge in [0.2, 0.25) is 0 Å². The van der Waals surface area contributed by atoms with E-state index in [-0.39, 0.29) is 18.1 Å². The van der Waals surface area contributed by atoms with E-state index in [1.807, 2.05) is 42.5 Å². The molecule has 1 nitrogen and oxygen atoms in total. The van der Waals surface area contributed by atoms with E-state index in [2.05, 4.69) is 60.7 Å². The summed E-state index contributed by atoms with van der Waals surface area (Å²) in [6.45, 7) is 0. The van der Waals surface area contributed by atoms with Crippen LogP contribution in [0.25, 0.3) is 98.8 Å². The molecular formula is C48H30O. The fraction of sp³-hybridized carbons (Fsp3) is 0. The van der Waals surface area contributed by atoms with Crippen molar-refractivity contribution >= 4 is 54.3 Å². The predicted molar refractivity (Wildman–Crippen MR) is 208 cm³/mol. The van der Waals surface area contributed by atoms with E-state index >= 15 is 0 Å². The fourth-order valence-electron chi connectivity index (χ4n) is 7.47. The highest BCUT2D eigenvalue weighted by molar-refractivity contribution is 6.26. The quantitative estimate of drug-likeness (QED) is 0.177. The van der Waals surface area contributed by atoms with Crippen molar-refractivity contribution in [3.05, 3.63) is 182 Å². The van der Waals surface area contributed by atoms with Gasteiger partial charge >= 0.3 is 0 Å². The largest absolute Gasteiger partial charge is 0.456 e. The first-order valence-corrected chi connectivity index (χ1v) is 16.4. The van der Waals surface area contributed by atoms with Crippen molar-refractivity contribution in [2.45, 2.75) is 0 Å². The average molecular weight is 628 g/mol. The number of furan rings is 1. The number of rotatable bonds is 4. The number of fused-ring (bicyclic) bond motifs is 6. The Hall–Kier alpha value is -6.44. The number of hydrogen-bond acceptors (Lipinski definition) is 1. The van der Waals surface area contributed by atoms with E-state index in [0.29, 0.717) is 39.9 Å². The molecule has 1 heterocycles. The molecule has 0 aliphatic carbocycles. The van der Waals surface area contributed by atoms with Crippen LogP contribution in [0.2, 0.25) is 0 Å². The van der Waals surface area contributed by atoms with Crippen LogP contribution >= 0.6 is 0 Å². The zero-order valence-electron chi connectivity index (χ0n) is 31.3. The third-order valence-corrected chi connectivity index (χ3v) is 9.64. The Kier molecular flexibility index (Phi) is 5.20. The minimum atomic E-state index is -0.0531. The lowest BCUT2D eigenvalue weighted by atomic mass is 9.82. The van der Waals surface area contributed by atoms with E-state index in [1.54, 1.807) is 48.5 Å². The molecule has 0 saturated heterocycles. The van der Waals surface area contributed by atoms with Crippen LogP contribution in [0.15, 0.2) is 186 Å². The molecular weight excluding hydrogens is 593 g/mol. The molecule has 9 aromatic carbocycles. The normalized spacial score (nSPS) is 13.1. The zero-order valence-corrected chi connectivity index (χ0v) is 26.3. The van der Waals surface area contributed by atoms with Crippen molar-refractivity contribution in [2.75, 3.05) is 0 Å². The molecule has 0 aliphatic heterocycles. The van der Waals surface area contributed by atoms with Crippen LogP contribution in [0.4, 0.5) is 0 Å². The van der Waals surface area contributed by atoms with Crippen molar-refractivity contribution < 1.29 is 11.3 Å². The Morgan fingerprint density at radius 3 is 1.61 bits per heavy atom. The molecule has 0 bridgehead atoms. The summed E-state index contributed by atoms with van der Waals surface area (Å²) in [6.07, 6.45) is 0. The molecule has 0 fully saturated rings. The monoisotopic (exact) mass is 627 g/mol. The van der Waals surface area contributed by atoms with Crippen molar-refractivity contribution in [3.63, 3.8) is 0 Å². The summed E-state index contributed by atoms with van der Waals surface area (Å²) in [5.41, 5.74) is 7.17. The summed E-state index contributed by atoms with van der Waals surface area (Å²) in [5.74, 6) is 0. The highest BCUT2D eigenvalue weighted by atomic mass is 16.3. The lowest BCUT2D eigenvalue weighted by molar-refractivity contribution is 0.669. The second kappa shape index (κ2) is 11.1. The number of hydrogen-bond donors (Lipinski definition) is 0. The van der Waals surface area contributed by atoms with Gasteiger partial charge in [-0.15, -0.1) is 0 Å². The van der Waals surface area contributed by atoms with Gasteiger partial charge in [0.15, 0.2) is 0 Å². The van der Waals surface area contributed by atoms with Crippen LogP contribution in [-0.2, 0) is 0 Å². The standard InChI is InChI=1S/C48H30O/c1-3-14-31(15-4-1)35-26-27-36(32-16-5-2-6-17-32)42(28-35)47-39-22-11-9-20-37(39)46(38-21-10-12-23-40(38)47)41-24-13-25-44-48(41)43-29-33-18-7-8-19-34(33)30-45(43)49-44/h1-30H/i1D,2D,26D,27D,28D. The van der Waals surface area contributed by atoms with E-state index in [0.717, 1.165) is 70.9 Å². The molecule has 1 heteroatoms. The molecule has 49 heavy (non-hydrogen) atoms. The Morgan fingerprint density at radius 2 is 0.959 bits per heavy atom. The third-order valence-electron chi connectivity index (χ3n) is 9.64. The van der Waals surface area contributed by atoms with Crippen molar-refractivity contribution in [3.8, 4) is 44.5 Å². The van der Waals surface area contributed by atoms with E-state index < -0.39 is 0 Å². The first kappa shape index (κ1) is 23.0. The average Bonchev–Trinajstić information content (AvgIpc) is 3.56. The molecule has 0 saturated carbocycles. The van der Waals surface area contributed by atoms with Crippen LogP contribution in [0.3, 0.4) is 0 Å². The van der Waals surface area contributed by atoms with E-state index in [9.17, 15) is 4.11 Å². The summed E-state index contributed by atoms with van der Waals surface area (Å²) in [6, 6.07) is 50.0. The van der Waals surface area contributed by atoms with Crippen LogP contribution < -0.4 is 0 Å². The molecule has 0 N–H and O–H groups in total. The molecule has 228 valence electrons. The summed E-state index contributed by atoms with van der Waals surface area (Å²) >= 11 is 0. The first-order valence-electron chi connectivity index (χ1n) is 18.9. The fourth-order valence-corrected chi connectivity index (χ4v) is 7.47. The van der Waals surface area contributed by atoms with Gasteiger partial charge in [-0.05, 0) is 101 Å². The smallest absolute Gasteiger partial charge is 0.136 e. The van der Waals surface area contributed by atoms with Crippen LogP contribution in [0.5, 0.6) is 0 Å².